The van der Waals surface area contributed by atoms with Crippen molar-refractivity contribution in [3.05, 3.63) is 23.8 Å². The highest BCUT2D eigenvalue weighted by molar-refractivity contribution is 5.90. The lowest BCUT2D eigenvalue weighted by Crippen LogP contribution is -2.45. The van der Waals surface area contributed by atoms with Gasteiger partial charge in [0, 0.05) is 43.2 Å². The highest BCUT2D eigenvalue weighted by Crippen LogP contribution is 2.61. The van der Waals surface area contributed by atoms with E-state index in [4.69, 9.17) is 4.99 Å². The minimum atomic E-state index is 0.162. The van der Waals surface area contributed by atoms with Crippen LogP contribution in [0.5, 0.6) is 0 Å². The second kappa shape index (κ2) is 14.8. The predicted molar refractivity (Wildman–Crippen MR) is 176 cm³/mol. The summed E-state index contributed by atoms with van der Waals surface area (Å²) in [6, 6.07) is 0.830. The highest BCUT2D eigenvalue weighted by Gasteiger charge is 2.54. The van der Waals surface area contributed by atoms with Crippen molar-refractivity contribution >= 4 is 17.4 Å². The number of carbonyl (C=O) groups excluding carboxylic acids is 2. The van der Waals surface area contributed by atoms with E-state index in [-0.39, 0.29) is 17.9 Å². The number of hydrogen-bond donors (Lipinski definition) is 1. The normalized spacial score (nSPS) is 34.9. The second-order valence-corrected chi connectivity index (χ2v) is 14.7. The Kier molecular flexibility index (Phi) is 11.7. The van der Waals surface area contributed by atoms with Gasteiger partial charge in [-0.15, -0.1) is 0 Å². The molecule has 42 heavy (non-hydrogen) atoms. The lowest BCUT2D eigenvalue weighted by molar-refractivity contribution is -0.129. The first-order chi connectivity index (χ1) is 20.1. The van der Waals surface area contributed by atoms with Gasteiger partial charge >= 0.3 is 0 Å². The summed E-state index contributed by atoms with van der Waals surface area (Å²) < 4.78 is 0. The molecule has 1 N–H and O–H groups in total. The van der Waals surface area contributed by atoms with Crippen LogP contribution in [0.1, 0.15) is 125 Å². The quantitative estimate of drug-likeness (QED) is 0.145. The van der Waals surface area contributed by atoms with Crippen LogP contribution in [0.4, 0.5) is 0 Å². The fourth-order valence-electron chi connectivity index (χ4n) is 9.34. The van der Waals surface area contributed by atoms with Crippen molar-refractivity contribution in [2.45, 2.75) is 137 Å². The van der Waals surface area contributed by atoms with Crippen LogP contribution in [-0.4, -0.2) is 54.0 Å². The van der Waals surface area contributed by atoms with Crippen molar-refractivity contribution in [2.75, 3.05) is 19.6 Å². The van der Waals surface area contributed by atoms with Crippen LogP contribution in [0.25, 0.3) is 0 Å². The third kappa shape index (κ3) is 7.66. The molecule has 4 fully saturated rings. The van der Waals surface area contributed by atoms with Crippen molar-refractivity contribution in [2.24, 2.45) is 40.0 Å². The molecule has 8 atom stereocenters. The minimum Gasteiger partial charge on any atom is -0.340 e. The Morgan fingerprint density at radius 2 is 1.93 bits per heavy atom. The number of carbonyl (C=O) groups is 2. The van der Waals surface area contributed by atoms with E-state index in [0.29, 0.717) is 36.1 Å². The van der Waals surface area contributed by atoms with Gasteiger partial charge in [0.1, 0.15) is 6.54 Å². The average Bonchev–Trinajstić information content (AvgIpc) is 3.52. The lowest BCUT2D eigenvalue weighted by atomic mass is 9.56. The fourth-order valence-corrected chi connectivity index (χ4v) is 9.34. The Morgan fingerprint density at radius 3 is 2.64 bits per heavy atom. The Labute approximate surface area is 257 Å². The molecule has 0 aromatic carbocycles. The molecule has 0 bridgehead atoms. The number of likely N-dealkylation sites (N-methyl/N-ethyl adjacent to an activating group) is 1. The average molecular weight is 580 g/mol. The van der Waals surface area contributed by atoms with E-state index in [1.54, 1.807) is 0 Å². The fraction of sp³-hybridized carbons (Fsp3) is 0.811. The molecule has 0 aromatic heterocycles. The molecule has 1 aliphatic heterocycles. The maximum Gasteiger partial charge on any atom is 0.244 e. The number of rotatable bonds is 12. The van der Waals surface area contributed by atoms with Crippen molar-refractivity contribution in [1.82, 2.24) is 10.2 Å². The molecule has 5 heteroatoms. The van der Waals surface area contributed by atoms with Gasteiger partial charge in [-0.1, -0.05) is 44.9 Å². The molecule has 236 valence electrons. The smallest absolute Gasteiger partial charge is 0.244 e. The van der Waals surface area contributed by atoms with E-state index >= 15 is 0 Å². The van der Waals surface area contributed by atoms with Gasteiger partial charge < -0.3 is 10.2 Å². The molecular weight excluding hydrogens is 518 g/mol. The summed E-state index contributed by atoms with van der Waals surface area (Å²) in [5.74, 6) is 3.70. The third-order valence-corrected chi connectivity index (χ3v) is 12.1. The number of unbranched alkanes of at least 4 members (excludes halogenated alkanes) is 1. The Bertz CT molecular complexity index is 1030. The van der Waals surface area contributed by atoms with E-state index in [1.165, 1.54) is 55.4 Å². The molecular formula is C37H61N3O2. The zero-order valence-corrected chi connectivity index (χ0v) is 27.9. The molecule has 1 heterocycles. The first-order valence-corrected chi connectivity index (χ1v) is 17.5. The van der Waals surface area contributed by atoms with Crippen LogP contribution in [0.3, 0.4) is 0 Å². The van der Waals surface area contributed by atoms with E-state index in [9.17, 15) is 9.59 Å². The van der Waals surface area contributed by atoms with Crippen molar-refractivity contribution < 1.29 is 9.59 Å². The molecule has 0 radical (unpaired) electrons. The lowest BCUT2D eigenvalue weighted by Gasteiger charge is -2.48. The molecule has 3 aliphatic carbocycles. The molecule has 1 saturated heterocycles. The summed E-state index contributed by atoms with van der Waals surface area (Å²) in [4.78, 5) is 32.8. The van der Waals surface area contributed by atoms with Crippen LogP contribution in [0, 0.1) is 35.0 Å². The van der Waals surface area contributed by atoms with Crippen molar-refractivity contribution in [1.29, 1.82) is 0 Å². The Balaban J connectivity index is 1.33. The molecule has 5 nitrogen and oxygen atoms in total. The summed E-state index contributed by atoms with van der Waals surface area (Å²) in [5, 5.41) is 3.77. The number of hydrogen-bond acceptors (Lipinski definition) is 4. The van der Waals surface area contributed by atoms with Crippen LogP contribution in [0.2, 0.25) is 0 Å². The van der Waals surface area contributed by atoms with Gasteiger partial charge in [0.05, 0.1) is 0 Å². The van der Waals surface area contributed by atoms with Crippen LogP contribution in [-0.2, 0) is 9.59 Å². The van der Waals surface area contributed by atoms with E-state index < -0.39 is 0 Å². The van der Waals surface area contributed by atoms with Gasteiger partial charge in [0.15, 0.2) is 5.78 Å². The third-order valence-electron chi connectivity index (χ3n) is 12.1. The van der Waals surface area contributed by atoms with Crippen molar-refractivity contribution in [3.8, 4) is 0 Å². The Hall–Kier alpha value is -1.75. The molecule has 3 saturated carbocycles. The predicted octanol–water partition coefficient (Wildman–Crippen LogP) is 7.95. The maximum atomic E-state index is 13.3. The van der Waals surface area contributed by atoms with E-state index in [1.807, 2.05) is 11.0 Å². The van der Waals surface area contributed by atoms with Gasteiger partial charge in [0.25, 0.3) is 0 Å². The van der Waals surface area contributed by atoms with Gasteiger partial charge in [-0.25, -0.2) is 0 Å². The zero-order valence-electron chi connectivity index (χ0n) is 27.9. The summed E-state index contributed by atoms with van der Waals surface area (Å²) >= 11 is 0. The van der Waals surface area contributed by atoms with E-state index in [2.05, 4.69) is 53.4 Å². The van der Waals surface area contributed by atoms with Gasteiger partial charge in [-0.2, -0.15) is 0 Å². The van der Waals surface area contributed by atoms with Gasteiger partial charge in [-0.3, -0.25) is 14.6 Å². The van der Waals surface area contributed by atoms with Crippen LogP contribution < -0.4 is 5.32 Å². The first kappa shape index (κ1) is 33.1. The van der Waals surface area contributed by atoms with Gasteiger partial charge in [-0.05, 0) is 127 Å². The summed E-state index contributed by atoms with van der Waals surface area (Å²) in [6.07, 6.45) is 16.9. The number of aliphatic imine (C=N–C) groups is 1. The molecule has 1 amide bonds. The standard InChI is InChI=1S/C37H61N3O2/c1-8-10-13-31(41)22-28-12-11-14-32-29(21-28)19-20-37(7)33(16-17-34(32)37)27(6)38-23-36(42)40(9-2)24-30-15-18-35(39-30)26(5)25(3)4/h22,26,29-30,32-35,39H,3,8-21,23-24H2,1-2,4-7H3/b28-22-,38-27?/t26?,29-,30?,32+,33?,34+,35?,37-/m1/s1. The molecule has 4 aliphatic rings. The minimum absolute atomic E-state index is 0.162. The van der Waals surface area contributed by atoms with Crippen molar-refractivity contribution in [3.63, 3.8) is 0 Å². The number of nitrogens with one attached hydrogen (secondary N) is 1. The molecule has 0 aromatic rings. The number of ketones is 1. The summed E-state index contributed by atoms with van der Waals surface area (Å²) in [7, 11) is 0. The number of allylic oxidation sites excluding steroid dienone is 2. The topological polar surface area (TPSA) is 61.8 Å². The molecule has 4 rings (SSSR count). The number of amides is 1. The zero-order chi connectivity index (χ0) is 30.4. The largest absolute Gasteiger partial charge is 0.340 e. The van der Waals surface area contributed by atoms with Crippen LogP contribution >= 0.6 is 0 Å². The first-order valence-electron chi connectivity index (χ1n) is 17.5. The molecule has 0 spiro atoms. The number of fused-ring (bicyclic) bond motifs is 3. The maximum absolute atomic E-state index is 13.3. The van der Waals surface area contributed by atoms with Crippen LogP contribution in [0.15, 0.2) is 28.8 Å². The summed E-state index contributed by atoms with van der Waals surface area (Å²) in [5.41, 5.74) is 4.14. The number of nitrogens with zero attached hydrogens (tertiary/aromatic N) is 2. The van der Waals surface area contributed by atoms with Gasteiger partial charge in [0.2, 0.25) is 5.91 Å². The SMILES string of the molecule is C=C(C)C(C)C1CCC(CN(CC)C(=O)CN=C(C)C2CC[C@H]3[C@H]4CCC/C(=C/C(=O)CCCC)C[C@H]4CC[C@]23C)N1. The summed E-state index contributed by atoms with van der Waals surface area (Å²) in [6.45, 7) is 19.3. The monoisotopic (exact) mass is 579 g/mol. The molecule has 4 unspecified atom stereocenters. The Morgan fingerprint density at radius 1 is 1.14 bits per heavy atom. The van der Waals surface area contributed by atoms with E-state index in [0.717, 1.165) is 69.4 Å². The highest BCUT2D eigenvalue weighted by atomic mass is 16.2. The second-order valence-electron chi connectivity index (χ2n) is 14.7.